The van der Waals surface area contributed by atoms with Crippen LogP contribution in [0.4, 0.5) is 0 Å². The van der Waals surface area contributed by atoms with Crippen LogP contribution in [-0.4, -0.2) is 101 Å². The first kappa shape index (κ1) is 54.3. The number of hydrogen-bond acceptors (Lipinski definition) is 15. The van der Waals surface area contributed by atoms with Crippen LogP contribution in [0.15, 0.2) is 94.4 Å². The van der Waals surface area contributed by atoms with Gasteiger partial charge in [-0.25, -0.2) is 14.2 Å². The van der Waals surface area contributed by atoms with Crippen molar-refractivity contribution in [1.82, 2.24) is 50.5 Å². The van der Waals surface area contributed by atoms with Crippen molar-refractivity contribution in [2.45, 2.75) is 106 Å². The molecular weight excluding hydrogens is 933 g/mol. The molecule has 0 bridgehead atoms. The Morgan fingerprint density at radius 2 is 1.18 bits per heavy atom. The summed E-state index contributed by atoms with van der Waals surface area (Å²) in [5, 5.41) is 35.8. The summed E-state index contributed by atoms with van der Waals surface area (Å²) < 4.78 is 22.9. The van der Waals surface area contributed by atoms with Crippen molar-refractivity contribution in [2.24, 2.45) is 0 Å². The van der Waals surface area contributed by atoms with Gasteiger partial charge in [0.25, 0.3) is 5.91 Å². The number of hydrogen-bond donors (Lipinski definition) is 2. The van der Waals surface area contributed by atoms with Gasteiger partial charge in [0.2, 0.25) is 0 Å². The summed E-state index contributed by atoms with van der Waals surface area (Å²) in [6.07, 6.45) is 4.92. The van der Waals surface area contributed by atoms with E-state index in [1.54, 1.807) is 11.0 Å². The predicted molar refractivity (Wildman–Crippen MR) is 273 cm³/mol. The third-order valence-corrected chi connectivity index (χ3v) is 13.3. The van der Waals surface area contributed by atoms with E-state index in [-0.39, 0.29) is 56.6 Å². The van der Waals surface area contributed by atoms with E-state index in [4.69, 9.17) is 19.1 Å². The third kappa shape index (κ3) is 11.8. The summed E-state index contributed by atoms with van der Waals surface area (Å²) >= 11 is 0. The van der Waals surface area contributed by atoms with Crippen LogP contribution in [0.1, 0.15) is 130 Å². The molecule has 0 saturated heterocycles. The maximum Gasteiger partial charge on any atom is 0.358 e. The number of aryl methyl sites for hydroxylation is 4. The molecule has 2 atom stereocenters. The largest absolute Gasteiger partial charge is 0.476 e. The number of benzene rings is 4. The van der Waals surface area contributed by atoms with E-state index in [0.717, 1.165) is 100 Å². The van der Waals surface area contributed by atoms with Crippen LogP contribution >= 0.6 is 0 Å². The second kappa shape index (κ2) is 24.4. The van der Waals surface area contributed by atoms with Crippen LogP contribution < -0.4 is 5.32 Å². The molecular formula is C54H64N10O9. The number of carbonyl (C=O) groups excluding carboxylic acids is 3. The van der Waals surface area contributed by atoms with Gasteiger partial charge in [0, 0.05) is 56.7 Å². The minimum Gasteiger partial charge on any atom is -0.476 e. The lowest BCUT2D eigenvalue weighted by Crippen LogP contribution is -2.36. The molecule has 0 fully saturated rings. The Morgan fingerprint density at radius 3 is 1.64 bits per heavy atom. The first-order valence-corrected chi connectivity index (χ1v) is 23.5. The highest BCUT2D eigenvalue weighted by Gasteiger charge is 2.28. The number of ether oxygens (including phenoxy) is 2. The fraction of sp³-hybridized carbons (Fsp3) is 0.370. The quantitative estimate of drug-likeness (QED) is 0.109. The molecule has 0 saturated carbocycles. The summed E-state index contributed by atoms with van der Waals surface area (Å²) in [5.41, 5.74) is 15.2. The van der Waals surface area contributed by atoms with Crippen LogP contribution in [-0.2, 0) is 58.1 Å². The predicted octanol–water partition coefficient (Wildman–Crippen LogP) is 8.39. The molecule has 2 aliphatic heterocycles. The number of fused-ring (bicyclic) bond motifs is 4. The molecule has 10 rings (SSSR count). The van der Waals surface area contributed by atoms with Crippen LogP contribution in [0, 0.1) is 13.8 Å². The van der Waals surface area contributed by atoms with Gasteiger partial charge in [-0.3, -0.25) is 14.4 Å². The highest BCUT2D eigenvalue weighted by molar-refractivity contribution is 5.92. The summed E-state index contributed by atoms with van der Waals surface area (Å²) in [7, 11) is 2.85. The van der Waals surface area contributed by atoms with Crippen LogP contribution in [0.5, 0.6) is 0 Å². The molecule has 19 nitrogen and oxygen atoms in total. The van der Waals surface area contributed by atoms with E-state index in [1.165, 1.54) is 49.5 Å². The normalized spacial score (nSPS) is 13.4. The fourth-order valence-corrected chi connectivity index (χ4v) is 9.39. The van der Waals surface area contributed by atoms with Crippen LogP contribution in [0.3, 0.4) is 0 Å². The monoisotopic (exact) mass is 996 g/mol. The highest BCUT2D eigenvalue weighted by atomic mass is 16.5. The van der Waals surface area contributed by atoms with Gasteiger partial charge in [0.05, 0.1) is 38.1 Å². The molecule has 19 heteroatoms. The van der Waals surface area contributed by atoms with Crippen molar-refractivity contribution in [3.63, 3.8) is 0 Å². The molecule has 2 unspecified atom stereocenters. The number of nitrogens with zero attached hydrogens (tertiary/aromatic N) is 9. The van der Waals surface area contributed by atoms with Gasteiger partial charge in [0.1, 0.15) is 23.6 Å². The van der Waals surface area contributed by atoms with E-state index in [1.807, 2.05) is 29.3 Å². The summed E-state index contributed by atoms with van der Waals surface area (Å²) in [5.74, 6) is -2.01. The zero-order valence-electron chi connectivity index (χ0n) is 40.5. The Balaban J connectivity index is 0.000000205. The summed E-state index contributed by atoms with van der Waals surface area (Å²) in [4.78, 5) is 49.2. The van der Waals surface area contributed by atoms with E-state index in [9.17, 15) is 19.2 Å². The maximum absolute atomic E-state index is 12.8. The molecule has 384 valence electrons. The number of carbonyl (C=O) groups is 4. The highest BCUT2D eigenvalue weighted by Crippen LogP contribution is 2.37. The average Bonchev–Trinajstić information content (AvgIpc) is 4.26. The van der Waals surface area contributed by atoms with Crippen molar-refractivity contribution >= 4 is 45.9 Å². The Bertz CT molecular complexity index is 3180. The lowest BCUT2D eigenvalue weighted by molar-refractivity contribution is -0.141. The number of carboxylic acid groups (broad SMARTS) is 1. The van der Waals surface area contributed by atoms with E-state index >= 15 is 0 Å². The fourth-order valence-electron chi connectivity index (χ4n) is 9.39. The maximum atomic E-state index is 12.8. The van der Waals surface area contributed by atoms with Crippen molar-refractivity contribution in [3.8, 4) is 0 Å². The number of nitrogens with one attached hydrogen (secondary N) is 1. The second-order valence-corrected chi connectivity index (χ2v) is 17.3. The molecule has 73 heavy (non-hydrogen) atoms. The Hall–Kier alpha value is -8.06. The smallest absolute Gasteiger partial charge is 0.358 e. The van der Waals surface area contributed by atoms with Crippen molar-refractivity contribution in [1.29, 1.82) is 0 Å². The molecule has 0 radical (unpaired) electrons. The summed E-state index contributed by atoms with van der Waals surface area (Å²) in [6, 6.07) is 24.0. The van der Waals surface area contributed by atoms with Crippen LogP contribution in [0.25, 0.3) is 22.1 Å². The number of rotatable bonds is 12. The molecule has 4 aromatic carbocycles. The molecule has 0 aliphatic carbocycles. The minimum atomic E-state index is -1.07. The Labute approximate surface area is 423 Å². The molecule has 2 N–H and O–H groups in total. The lowest BCUT2D eigenvalue weighted by atomic mass is 9.83. The van der Waals surface area contributed by atoms with Gasteiger partial charge in [-0.15, -0.1) is 10.2 Å². The standard InChI is InChI=1S/C26H27N5O4.C22H26N4O2.C4H3NO3.2CH4/c1-4-31-23-8-7-20(16(2)25(23)27-29-31)21(14-24(32)34-3)18-6-5-17-9-11-30(15-19(17)13-18)26(33)22-10-12-35-28-22;1-4-26-20-8-7-18(14(2)22(20)24-25-26)19(12-21(27)28-3)16-6-5-15-9-10-23-13-17(15)11-16;6-4(7)3-1-2-8-5-3;;/h5-8,10,12-13,21H,4,9,11,14-15H2,1-3H3;5-8,11,19,23H,4,9-10,12-13H2,1-3H3;1-2H,(H,6,7);2*1H4. The first-order chi connectivity index (χ1) is 34.4. The molecule has 0 spiro atoms. The van der Waals surface area contributed by atoms with Crippen LogP contribution in [0.2, 0.25) is 0 Å². The van der Waals surface area contributed by atoms with E-state index in [0.29, 0.717) is 25.2 Å². The lowest BCUT2D eigenvalue weighted by Gasteiger charge is -2.29. The average molecular weight is 997 g/mol. The van der Waals surface area contributed by atoms with Gasteiger partial charge >= 0.3 is 17.9 Å². The number of aromatic carboxylic acids is 1. The first-order valence-electron chi connectivity index (χ1n) is 23.5. The molecule has 4 aromatic heterocycles. The third-order valence-electron chi connectivity index (χ3n) is 13.3. The SMILES string of the molecule is C.C.CCn1nnc2c(C)c(C(CC(=O)OC)c3ccc4c(c3)CN(C(=O)c3ccon3)CC4)ccc21.CCn1nnc2c(C)c(C(CC(=O)OC)c3ccc4c(c3)CNCC4)ccc21.O=C(O)c1ccon1. The van der Waals surface area contributed by atoms with E-state index in [2.05, 4.69) is 109 Å². The number of methoxy groups -OCH3 is 2. The van der Waals surface area contributed by atoms with Crippen molar-refractivity contribution < 1.29 is 42.8 Å². The zero-order valence-corrected chi connectivity index (χ0v) is 40.5. The van der Waals surface area contributed by atoms with Gasteiger partial charge in [0.15, 0.2) is 11.4 Å². The van der Waals surface area contributed by atoms with E-state index < -0.39 is 5.97 Å². The van der Waals surface area contributed by atoms with Gasteiger partial charge < -0.3 is 33.8 Å². The molecule has 2 aliphatic rings. The number of carboxylic acids is 1. The second-order valence-electron chi connectivity index (χ2n) is 17.3. The van der Waals surface area contributed by atoms with Crippen molar-refractivity contribution in [2.75, 3.05) is 27.3 Å². The van der Waals surface area contributed by atoms with Gasteiger partial charge in [-0.2, -0.15) is 0 Å². The molecule has 1 amide bonds. The number of esters is 2. The van der Waals surface area contributed by atoms with Crippen molar-refractivity contribution in [3.05, 3.63) is 152 Å². The zero-order chi connectivity index (χ0) is 50.2. The summed E-state index contributed by atoms with van der Waals surface area (Å²) in [6.45, 7) is 12.7. The van der Waals surface area contributed by atoms with Gasteiger partial charge in [-0.05, 0) is 115 Å². The topological polar surface area (TPSA) is 236 Å². The Kier molecular flexibility index (Phi) is 18.1. The number of amides is 1. The minimum absolute atomic E-state index is 0. The van der Waals surface area contributed by atoms with Gasteiger partial charge in [-0.1, -0.05) is 84.1 Å². The molecule has 6 heterocycles. The number of aromatic nitrogens is 8. The molecule has 8 aromatic rings. The Morgan fingerprint density at radius 1 is 0.671 bits per heavy atom.